The Balaban J connectivity index is 1.81. The van der Waals surface area contributed by atoms with Crippen molar-refractivity contribution in [3.63, 3.8) is 0 Å². The van der Waals surface area contributed by atoms with Crippen LogP contribution in [0.4, 0.5) is 17.2 Å². The van der Waals surface area contributed by atoms with Gasteiger partial charge in [-0.1, -0.05) is 13.8 Å². The van der Waals surface area contributed by atoms with Gasteiger partial charge in [0.05, 0.1) is 28.5 Å². The summed E-state index contributed by atoms with van der Waals surface area (Å²) in [6.45, 7) is 4.51. The molecule has 3 heterocycles. The Morgan fingerprint density at radius 1 is 1.38 bits per heavy atom. The van der Waals surface area contributed by atoms with E-state index in [1.165, 1.54) is 23.7 Å². The molecule has 1 aliphatic heterocycles. The van der Waals surface area contributed by atoms with Crippen LogP contribution >= 0.6 is 11.3 Å². The number of pyridine rings is 1. The van der Waals surface area contributed by atoms with Gasteiger partial charge in [0, 0.05) is 17.6 Å². The lowest BCUT2D eigenvalue weighted by Crippen LogP contribution is -2.46. The molecule has 29 heavy (non-hydrogen) atoms. The number of carbonyl (C=O) groups excluding carboxylic acids is 2. The molecule has 0 saturated carbocycles. The molecule has 0 aliphatic carbocycles. The molecule has 1 fully saturated rings. The Hall–Kier alpha value is -2.94. The Morgan fingerprint density at radius 3 is 2.79 bits per heavy atom. The molecule has 0 aromatic carbocycles. The van der Waals surface area contributed by atoms with Gasteiger partial charge in [0.2, 0.25) is 0 Å². The molecular formula is C20H26N6O2S. The molecule has 9 heteroatoms. The standard InChI is InChI=1S/C20H26N6O2S/c1-3-12-6-13(9-24-18(12)23)25-19(27)20(28)26-10-11(2)4-5-15(26)16-7-14(22)17(8-21)29-16/h6-9,11,15,21H,3-5,10,22H2,1-2H3,(H2,23,24)(H,25,27)/t11-,15+/m0/s1. The van der Waals surface area contributed by atoms with E-state index in [0.717, 1.165) is 23.3 Å². The van der Waals surface area contributed by atoms with Gasteiger partial charge in [0.15, 0.2) is 0 Å². The van der Waals surface area contributed by atoms with Crippen molar-refractivity contribution in [2.75, 3.05) is 23.3 Å². The van der Waals surface area contributed by atoms with E-state index >= 15 is 0 Å². The van der Waals surface area contributed by atoms with Crippen molar-refractivity contribution in [2.24, 2.45) is 5.92 Å². The molecule has 2 atom stereocenters. The van der Waals surface area contributed by atoms with Gasteiger partial charge in [-0.2, -0.15) is 0 Å². The van der Waals surface area contributed by atoms with Crippen LogP contribution in [0.1, 0.15) is 48.0 Å². The number of carbonyl (C=O) groups is 2. The SMILES string of the molecule is CCc1cc(NC(=O)C(=O)N2C[C@@H](C)CC[C@@H]2c2cc(N)c(C=N)s2)cnc1N. The summed E-state index contributed by atoms with van der Waals surface area (Å²) in [5.74, 6) is -0.569. The van der Waals surface area contributed by atoms with E-state index in [9.17, 15) is 9.59 Å². The molecule has 0 bridgehead atoms. The number of hydrogen-bond acceptors (Lipinski definition) is 7. The van der Waals surface area contributed by atoms with Crippen LogP contribution in [-0.2, 0) is 16.0 Å². The highest BCUT2D eigenvalue weighted by Crippen LogP contribution is 2.38. The molecule has 3 rings (SSSR count). The molecule has 1 aliphatic rings. The molecular weight excluding hydrogens is 388 g/mol. The van der Waals surface area contributed by atoms with Crippen molar-refractivity contribution in [1.29, 1.82) is 5.41 Å². The number of aryl methyl sites for hydroxylation is 1. The Kier molecular flexibility index (Phi) is 6.17. The van der Waals surface area contributed by atoms with E-state index in [-0.39, 0.29) is 6.04 Å². The topological polar surface area (TPSA) is 138 Å². The lowest BCUT2D eigenvalue weighted by atomic mass is 9.93. The number of nitrogen functional groups attached to an aromatic ring is 2. The molecule has 1 saturated heterocycles. The van der Waals surface area contributed by atoms with Gasteiger partial charge in [0.1, 0.15) is 5.82 Å². The highest BCUT2D eigenvalue weighted by molar-refractivity contribution is 7.14. The summed E-state index contributed by atoms with van der Waals surface area (Å²) in [7, 11) is 0. The second kappa shape index (κ2) is 8.60. The van der Waals surface area contributed by atoms with E-state index in [1.54, 1.807) is 17.0 Å². The third-order valence-electron chi connectivity index (χ3n) is 5.18. The lowest BCUT2D eigenvalue weighted by Gasteiger charge is -2.37. The largest absolute Gasteiger partial charge is 0.398 e. The van der Waals surface area contributed by atoms with Crippen LogP contribution in [0.3, 0.4) is 0 Å². The zero-order chi connectivity index (χ0) is 21.1. The summed E-state index contributed by atoms with van der Waals surface area (Å²) >= 11 is 1.39. The zero-order valence-electron chi connectivity index (χ0n) is 16.6. The minimum Gasteiger partial charge on any atom is -0.398 e. The fourth-order valence-corrected chi connectivity index (χ4v) is 4.63. The quantitative estimate of drug-likeness (QED) is 0.450. The highest BCUT2D eigenvalue weighted by atomic mass is 32.1. The van der Waals surface area contributed by atoms with Crippen LogP contribution in [0.25, 0.3) is 0 Å². The Morgan fingerprint density at radius 2 is 2.14 bits per heavy atom. The van der Waals surface area contributed by atoms with E-state index < -0.39 is 11.8 Å². The summed E-state index contributed by atoms with van der Waals surface area (Å²) in [5.41, 5.74) is 13.6. The number of nitrogens with one attached hydrogen (secondary N) is 2. The number of amides is 2. The molecule has 2 aromatic heterocycles. The summed E-state index contributed by atoms with van der Waals surface area (Å²) in [6.07, 6.45) is 5.05. The van der Waals surface area contributed by atoms with E-state index in [2.05, 4.69) is 17.2 Å². The van der Waals surface area contributed by atoms with Gasteiger partial charge < -0.3 is 27.1 Å². The van der Waals surface area contributed by atoms with Gasteiger partial charge in [-0.3, -0.25) is 9.59 Å². The van der Waals surface area contributed by atoms with Crippen LogP contribution < -0.4 is 16.8 Å². The van der Waals surface area contributed by atoms with Crippen molar-refractivity contribution < 1.29 is 9.59 Å². The van der Waals surface area contributed by atoms with Gasteiger partial charge in [-0.05, 0) is 42.9 Å². The van der Waals surface area contributed by atoms with Crippen molar-refractivity contribution in [2.45, 2.75) is 39.2 Å². The molecule has 0 unspecified atom stereocenters. The first-order valence-corrected chi connectivity index (χ1v) is 10.4. The summed E-state index contributed by atoms with van der Waals surface area (Å²) < 4.78 is 0. The van der Waals surface area contributed by atoms with Crippen LogP contribution in [0.5, 0.6) is 0 Å². The number of likely N-dealkylation sites (tertiary alicyclic amines) is 1. The monoisotopic (exact) mass is 414 g/mol. The number of rotatable bonds is 4. The van der Waals surface area contributed by atoms with E-state index in [4.69, 9.17) is 16.9 Å². The first-order chi connectivity index (χ1) is 13.8. The number of thiophene rings is 1. The fraction of sp³-hybridized carbons (Fsp3) is 0.400. The molecule has 0 radical (unpaired) electrons. The van der Waals surface area contributed by atoms with Crippen LogP contribution in [0.15, 0.2) is 18.3 Å². The summed E-state index contributed by atoms with van der Waals surface area (Å²) in [6, 6.07) is 3.32. The molecule has 2 amide bonds. The van der Waals surface area contributed by atoms with Gasteiger partial charge in [-0.25, -0.2) is 4.98 Å². The average Bonchev–Trinajstić information content (AvgIpc) is 3.09. The zero-order valence-corrected chi connectivity index (χ0v) is 17.4. The number of anilines is 3. The minimum absolute atomic E-state index is 0.221. The van der Waals surface area contributed by atoms with Crippen molar-refractivity contribution in [3.8, 4) is 0 Å². The predicted molar refractivity (Wildman–Crippen MR) is 116 cm³/mol. The molecule has 6 N–H and O–H groups in total. The number of aromatic nitrogens is 1. The number of nitrogens with zero attached hydrogens (tertiary/aromatic N) is 2. The number of piperidine rings is 1. The first-order valence-electron chi connectivity index (χ1n) is 9.60. The third-order valence-corrected chi connectivity index (χ3v) is 6.38. The lowest BCUT2D eigenvalue weighted by molar-refractivity contribution is -0.146. The average molecular weight is 415 g/mol. The maximum Gasteiger partial charge on any atom is 0.313 e. The molecule has 8 nitrogen and oxygen atoms in total. The highest BCUT2D eigenvalue weighted by Gasteiger charge is 2.35. The van der Waals surface area contributed by atoms with Crippen LogP contribution in [0, 0.1) is 11.3 Å². The first kappa shape index (κ1) is 20.8. The number of nitrogens with two attached hydrogens (primary N) is 2. The normalized spacial score (nSPS) is 19.0. The van der Waals surface area contributed by atoms with E-state index in [0.29, 0.717) is 41.0 Å². The second-order valence-corrected chi connectivity index (χ2v) is 8.46. The van der Waals surface area contributed by atoms with Crippen molar-refractivity contribution in [1.82, 2.24) is 9.88 Å². The molecule has 0 spiro atoms. The van der Waals surface area contributed by atoms with Crippen molar-refractivity contribution in [3.05, 3.63) is 33.6 Å². The van der Waals surface area contributed by atoms with Gasteiger partial charge >= 0.3 is 11.8 Å². The number of hydrogen-bond donors (Lipinski definition) is 4. The second-order valence-electron chi connectivity index (χ2n) is 7.34. The maximum atomic E-state index is 13.0. The summed E-state index contributed by atoms with van der Waals surface area (Å²) in [4.78, 5) is 33.0. The third kappa shape index (κ3) is 4.40. The van der Waals surface area contributed by atoms with E-state index in [1.807, 2.05) is 6.92 Å². The minimum atomic E-state index is -0.700. The summed E-state index contributed by atoms with van der Waals surface area (Å²) in [5, 5.41) is 10.1. The molecule has 154 valence electrons. The van der Waals surface area contributed by atoms with Gasteiger partial charge in [-0.15, -0.1) is 11.3 Å². The van der Waals surface area contributed by atoms with Gasteiger partial charge in [0.25, 0.3) is 0 Å². The maximum absolute atomic E-state index is 13.0. The predicted octanol–water partition coefficient (Wildman–Crippen LogP) is 2.81. The Bertz CT molecular complexity index is 941. The fourth-order valence-electron chi connectivity index (χ4n) is 3.58. The van der Waals surface area contributed by atoms with Crippen molar-refractivity contribution >= 4 is 46.6 Å². The smallest absolute Gasteiger partial charge is 0.313 e. The Labute approximate surface area is 173 Å². The molecule has 2 aromatic rings. The van der Waals surface area contributed by atoms with Crippen LogP contribution in [0.2, 0.25) is 0 Å². The van der Waals surface area contributed by atoms with Crippen LogP contribution in [-0.4, -0.2) is 34.5 Å².